The molecule has 0 aromatic carbocycles. The molecule has 14 heteroatoms. The third-order valence-corrected chi connectivity index (χ3v) is 13.0. The second kappa shape index (κ2) is 44.0. The largest absolute Gasteiger partial charge is 0.472 e. The number of phosphoric ester groups is 1. The van der Waals surface area contributed by atoms with E-state index in [1.165, 1.54) is 89.9 Å². The van der Waals surface area contributed by atoms with Gasteiger partial charge in [0.15, 0.2) is 6.10 Å². The van der Waals surface area contributed by atoms with E-state index in [-0.39, 0.29) is 12.8 Å². The number of aliphatic hydroxyl groups excluding tert-OH is 5. The normalized spacial score (nSPS) is 21.4. The number of esters is 2. The summed E-state index contributed by atoms with van der Waals surface area (Å²) < 4.78 is 33.6. The van der Waals surface area contributed by atoms with Crippen LogP contribution in [0.3, 0.4) is 0 Å². The van der Waals surface area contributed by atoms with Crippen LogP contribution in [-0.4, -0.2) is 98.3 Å². The van der Waals surface area contributed by atoms with E-state index in [4.69, 9.17) is 18.5 Å². The summed E-state index contributed by atoms with van der Waals surface area (Å²) in [6, 6.07) is 0. The lowest BCUT2D eigenvalue weighted by molar-refractivity contribution is -0.220. The van der Waals surface area contributed by atoms with Gasteiger partial charge in [-0.15, -0.1) is 0 Å². The Hall–Kier alpha value is -2.71. The van der Waals surface area contributed by atoms with Crippen molar-refractivity contribution in [1.82, 2.24) is 0 Å². The van der Waals surface area contributed by atoms with Crippen LogP contribution in [-0.2, 0) is 32.7 Å². The summed E-state index contributed by atoms with van der Waals surface area (Å²) in [4.78, 5) is 35.8. The van der Waals surface area contributed by atoms with Crippen LogP contribution in [0.5, 0.6) is 0 Å². The minimum absolute atomic E-state index is 0.0479. The van der Waals surface area contributed by atoms with Crippen molar-refractivity contribution in [2.75, 3.05) is 13.2 Å². The van der Waals surface area contributed by atoms with Crippen molar-refractivity contribution >= 4 is 19.8 Å². The van der Waals surface area contributed by atoms with Gasteiger partial charge in [0.25, 0.3) is 0 Å². The van der Waals surface area contributed by atoms with E-state index in [2.05, 4.69) is 80.7 Å². The minimum atomic E-state index is -5.15. The maximum Gasteiger partial charge on any atom is 0.472 e. The standard InChI is InChI=1S/C55H95O13P/c1-3-5-7-9-11-13-15-17-19-21-22-23-24-25-26-28-29-31-33-35-37-39-41-43-48(56)65-45-47(46-66-69(63,64)68-55-53(61)51(59)50(58)52(60)54(55)62)67-49(57)44-42-40-38-36-34-32-30-27-20-18-16-14-12-10-8-6-4-2/h8,10,14,16,20,27-29,32,34-35,37,47,50-55,58-62H,3-7,9,11-13,15,17-19,21-26,30-31,33,36,38-46H2,1-2H3,(H,63,64)/b10-8+,16-14+,27-20+,29-28+,34-32+,37-35+/t47-,50?,51-,52?,53?,54?,55?/m0/s1. The lowest BCUT2D eigenvalue weighted by Gasteiger charge is -2.41. The van der Waals surface area contributed by atoms with Crippen molar-refractivity contribution in [1.29, 1.82) is 0 Å². The molecule has 0 heterocycles. The number of hydrogen-bond acceptors (Lipinski definition) is 12. The molecule has 0 saturated heterocycles. The van der Waals surface area contributed by atoms with E-state index in [9.17, 15) is 44.6 Å². The molecule has 1 rings (SSSR count). The maximum absolute atomic E-state index is 12.9. The van der Waals surface area contributed by atoms with Gasteiger partial charge in [0.1, 0.15) is 43.2 Å². The number of rotatable bonds is 44. The molecule has 0 spiro atoms. The molecule has 1 aliphatic carbocycles. The maximum atomic E-state index is 12.9. The monoisotopic (exact) mass is 995 g/mol. The van der Waals surface area contributed by atoms with Crippen molar-refractivity contribution in [3.8, 4) is 0 Å². The molecular formula is C55H95O13P. The van der Waals surface area contributed by atoms with Crippen LogP contribution < -0.4 is 0 Å². The van der Waals surface area contributed by atoms with Crippen molar-refractivity contribution < 1.29 is 63.1 Å². The Morgan fingerprint density at radius 2 is 0.841 bits per heavy atom. The molecule has 0 aromatic rings. The van der Waals surface area contributed by atoms with E-state index in [1.807, 2.05) is 6.08 Å². The first-order valence-electron chi connectivity index (χ1n) is 26.7. The van der Waals surface area contributed by atoms with Crippen molar-refractivity contribution in [2.24, 2.45) is 0 Å². The summed E-state index contributed by atoms with van der Waals surface area (Å²) in [6.07, 6.45) is 43.9. The van der Waals surface area contributed by atoms with Gasteiger partial charge in [0.2, 0.25) is 0 Å². The van der Waals surface area contributed by atoms with Crippen molar-refractivity contribution in [2.45, 2.75) is 249 Å². The summed E-state index contributed by atoms with van der Waals surface area (Å²) in [6.45, 7) is 3.20. The fourth-order valence-electron chi connectivity index (χ4n) is 7.71. The van der Waals surface area contributed by atoms with E-state index >= 15 is 0 Å². The molecule has 398 valence electrons. The molecule has 0 radical (unpaired) electrons. The molecule has 69 heavy (non-hydrogen) atoms. The highest BCUT2D eigenvalue weighted by molar-refractivity contribution is 7.47. The lowest BCUT2D eigenvalue weighted by atomic mass is 9.85. The summed E-state index contributed by atoms with van der Waals surface area (Å²) in [7, 11) is -5.15. The summed E-state index contributed by atoms with van der Waals surface area (Å²) in [5, 5.41) is 50.3. The Bertz CT molecular complexity index is 1480. The molecule has 1 fully saturated rings. The molecule has 0 aromatic heterocycles. The Morgan fingerprint density at radius 3 is 1.35 bits per heavy atom. The molecule has 6 N–H and O–H groups in total. The van der Waals surface area contributed by atoms with Crippen LogP contribution in [0, 0.1) is 0 Å². The molecule has 1 aliphatic rings. The molecule has 8 atom stereocenters. The molecular weight excluding hydrogens is 900 g/mol. The first kappa shape index (κ1) is 64.3. The van der Waals surface area contributed by atoms with Crippen LogP contribution in [0.2, 0.25) is 0 Å². The highest BCUT2D eigenvalue weighted by Crippen LogP contribution is 2.47. The number of carbonyl (C=O) groups excluding carboxylic acids is 2. The fraction of sp³-hybridized carbons (Fsp3) is 0.745. The Labute approximate surface area is 416 Å². The summed E-state index contributed by atoms with van der Waals surface area (Å²) in [5.74, 6) is -1.19. The Balaban J connectivity index is 2.42. The van der Waals surface area contributed by atoms with E-state index < -0.39 is 75.7 Å². The van der Waals surface area contributed by atoms with Gasteiger partial charge in [-0.05, 0) is 83.5 Å². The van der Waals surface area contributed by atoms with Gasteiger partial charge in [-0.25, -0.2) is 4.57 Å². The summed E-state index contributed by atoms with van der Waals surface area (Å²) in [5.41, 5.74) is 0. The zero-order valence-electron chi connectivity index (χ0n) is 42.6. The molecule has 0 amide bonds. The number of ether oxygens (including phenoxy) is 2. The van der Waals surface area contributed by atoms with Gasteiger partial charge < -0.3 is 39.9 Å². The van der Waals surface area contributed by atoms with Crippen molar-refractivity contribution in [3.63, 3.8) is 0 Å². The molecule has 13 nitrogen and oxygen atoms in total. The second-order valence-electron chi connectivity index (χ2n) is 18.4. The topological polar surface area (TPSA) is 210 Å². The van der Waals surface area contributed by atoms with Gasteiger partial charge in [-0.3, -0.25) is 18.6 Å². The number of phosphoric acid groups is 1. The summed E-state index contributed by atoms with van der Waals surface area (Å²) >= 11 is 0. The van der Waals surface area contributed by atoms with Gasteiger partial charge in [0, 0.05) is 12.8 Å². The van der Waals surface area contributed by atoms with Gasteiger partial charge in [-0.2, -0.15) is 0 Å². The second-order valence-corrected chi connectivity index (χ2v) is 19.8. The SMILES string of the molecule is CCC/C=C/C/C=C/C/C=C/C/C=C/CCCCCC(=O)O[C@@H](COC(=O)CCC/C=C/CC/C=C/CCCCCCCCCCCCCCCC)COP(=O)(O)OC1C(O)C(O)C(O)[C@H](O)C1O. The van der Waals surface area contributed by atoms with E-state index in [0.29, 0.717) is 19.3 Å². The van der Waals surface area contributed by atoms with E-state index in [0.717, 1.165) is 70.6 Å². The quantitative estimate of drug-likeness (QED) is 0.0145. The van der Waals surface area contributed by atoms with Crippen LogP contribution in [0.25, 0.3) is 0 Å². The molecule has 0 aliphatic heterocycles. The van der Waals surface area contributed by atoms with Crippen molar-refractivity contribution in [3.05, 3.63) is 72.9 Å². The number of carbonyl (C=O) groups is 2. The third-order valence-electron chi connectivity index (χ3n) is 12.0. The van der Waals surface area contributed by atoms with Crippen LogP contribution >= 0.6 is 7.82 Å². The average Bonchev–Trinajstić information content (AvgIpc) is 3.33. The number of unbranched alkanes of at least 4 members (excludes halogenated alkanes) is 20. The lowest BCUT2D eigenvalue weighted by Crippen LogP contribution is -2.64. The van der Waals surface area contributed by atoms with Crippen LogP contribution in [0.1, 0.15) is 206 Å². The van der Waals surface area contributed by atoms with E-state index in [1.54, 1.807) is 0 Å². The van der Waals surface area contributed by atoms with Gasteiger partial charge in [-0.1, -0.05) is 183 Å². The zero-order valence-corrected chi connectivity index (χ0v) is 43.5. The van der Waals surface area contributed by atoms with Gasteiger partial charge in [0.05, 0.1) is 6.61 Å². The first-order chi connectivity index (χ1) is 33.4. The average molecular weight is 995 g/mol. The van der Waals surface area contributed by atoms with Crippen LogP contribution in [0.4, 0.5) is 0 Å². The number of aliphatic hydroxyl groups is 5. The Morgan fingerprint density at radius 1 is 0.449 bits per heavy atom. The van der Waals surface area contributed by atoms with Gasteiger partial charge >= 0.3 is 19.8 Å². The third kappa shape index (κ3) is 36.0. The Kier molecular flexibility index (Phi) is 41.0. The molecule has 6 unspecified atom stereocenters. The fourth-order valence-corrected chi connectivity index (χ4v) is 8.68. The predicted octanol–water partition coefficient (Wildman–Crippen LogP) is 11.8. The number of allylic oxidation sites excluding steroid dienone is 12. The molecule has 1 saturated carbocycles. The first-order valence-corrected chi connectivity index (χ1v) is 28.2. The predicted molar refractivity (Wildman–Crippen MR) is 276 cm³/mol. The smallest absolute Gasteiger partial charge is 0.462 e. The zero-order chi connectivity index (χ0) is 50.6. The molecule has 0 bridgehead atoms. The minimum Gasteiger partial charge on any atom is -0.462 e. The van der Waals surface area contributed by atoms with Crippen LogP contribution in [0.15, 0.2) is 72.9 Å². The number of hydrogen-bond donors (Lipinski definition) is 6. The highest BCUT2D eigenvalue weighted by atomic mass is 31.2. The highest BCUT2D eigenvalue weighted by Gasteiger charge is 2.51.